The molecule has 0 unspecified atom stereocenters. The largest absolute Gasteiger partial charge is 0.449 e. The van der Waals surface area contributed by atoms with Crippen LogP contribution in [-0.2, 0) is 11.0 Å². The number of imidazole rings is 1. The summed E-state index contributed by atoms with van der Waals surface area (Å²) in [6.45, 7) is 1.88. The first-order chi connectivity index (χ1) is 11.9. The molecule has 3 aromatic rings. The monoisotopic (exact) mass is 347 g/mol. The van der Waals surface area contributed by atoms with Crippen LogP contribution in [-0.4, -0.2) is 15.9 Å². The lowest BCUT2D eigenvalue weighted by Crippen LogP contribution is -2.20. The second-order valence-corrected chi connectivity index (χ2v) is 5.65. The van der Waals surface area contributed by atoms with E-state index in [2.05, 4.69) is 15.3 Å². The average Bonchev–Trinajstić information content (AvgIpc) is 3.02. The van der Waals surface area contributed by atoms with E-state index in [0.717, 1.165) is 5.56 Å². The molecule has 130 valence electrons. The third kappa shape index (κ3) is 3.50. The Balaban J connectivity index is 1.92. The highest BCUT2D eigenvalue weighted by Gasteiger charge is 2.35. The first-order valence-electron chi connectivity index (χ1n) is 7.82. The number of carbonyl (C=O) groups excluding carboxylic acids is 1. The number of alkyl halides is 3. The molecule has 0 fully saturated rings. The van der Waals surface area contributed by atoms with Crippen molar-refractivity contribution in [1.82, 2.24) is 9.97 Å². The zero-order valence-electron chi connectivity index (χ0n) is 13.4. The van der Waals surface area contributed by atoms with Crippen molar-refractivity contribution in [3.05, 3.63) is 59.9 Å². The molecule has 1 heterocycles. The molecule has 1 aromatic heterocycles. The smallest absolute Gasteiger partial charge is 0.334 e. The number of H-pyrrole nitrogens is 1. The van der Waals surface area contributed by atoms with E-state index in [-0.39, 0.29) is 22.6 Å². The van der Waals surface area contributed by atoms with Gasteiger partial charge in [0.05, 0.1) is 17.1 Å². The molecule has 0 aliphatic carbocycles. The van der Waals surface area contributed by atoms with Crippen LogP contribution in [0.25, 0.3) is 11.0 Å². The van der Waals surface area contributed by atoms with Crippen molar-refractivity contribution in [3.8, 4) is 0 Å². The van der Waals surface area contributed by atoms with Crippen LogP contribution in [0.4, 0.5) is 18.9 Å². The van der Waals surface area contributed by atoms with E-state index in [9.17, 15) is 18.0 Å². The molecule has 0 bridgehead atoms. The van der Waals surface area contributed by atoms with Gasteiger partial charge in [-0.1, -0.05) is 43.3 Å². The molecule has 0 saturated carbocycles. The molecule has 1 amide bonds. The summed E-state index contributed by atoms with van der Waals surface area (Å²) in [5, 5.41) is 2.71. The molecule has 0 aliphatic rings. The van der Waals surface area contributed by atoms with E-state index in [0.29, 0.717) is 6.42 Å². The summed E-state index contributed by atoms with van der Waals surface area (Å²) in [6.07, 6.45) is -4.00. The molecule has 0 radical (unpaired) electrons. The van der Waals surface area contributed by atoms with Crippen molar-refractivity contribution < 1.29 is 18.0 Å². The van der Waals surface area contributed by atoms with Crippen LogP contribution < -0.4 is 5.32 Å². The number of benzene rings is 2. The number of halogens is 3. The fourth-order valence-electron chi connectivity index (χ4n) is 2.74. The van der Waals surface area contributed by atoms with Gasteiger partial charge in [0.1, 0.15) is 5.52 Å². The SMILES string of the molecule is CC[C@H](C(=O)Nc1cccc2[nH]c(C(F)(F)F)nc12)c1ccccc1. The van der Waals surface area contributed by atoms with Crippen LogP contribution >= 0.6 is 0 Å². The average molecular weight is 347 g/mol. The number of para-hydroxylation sites is 1. The van der Waals surface area contributed by atoms with Gasteiger partial charge in [-0.2, -0.15) is 13.2 Å². The van der Waals surface area contributed by atoms with Crippen molar-refractivity contribution in [2.24, 2.45) is 0 Å². The van der Waals surface area contributed by atoms with Gasteiger partial charge < -0.3 is 10.3 Å². The van der Waals surface area contributed by atoms with E-state index in [4.69, 9.17) is 0 Å². The maximum atomic E-state index is 12.8. The zero-order chi connectivity index (χ0) is 18.0. The number of hydrogen-bond donors (Lipinski definition) is 2. The summed E-state index contributed by atoms with van der Waals surface area (Å²) < 4.78 is 38.5. The number of rotatable bonds is 4. The van der Waals surface area contributed by atoms with Crippen molar-refractivity contribution in [2.75, 3.05) is 5.32 Å². The first kappa shape index (κ1) is 17.0. The molecular weight excluding hydrogens is 331 g/mol. The fourth-order valence-corrected chi connectivity index (χ4v) is 2.74. The third-order valence-corrected chi connectivity index (χ3v) is 3.97. The van der Waals surface area contributed by atoms with Crippen LogP contribution in [0.1, 0.15) is 30.7 Å². The van der Waals surface area contributed by atoms with E-state index < -0.39 is 17.9 Å². The topological polar surface area (TPSA) is 57.8 Å². The van der Waals surface area contributed by atoms with Crippen molar-refractivity contribution in [1.29, 1.82) is 0 Å². The van der Waals surface area contributed by atoms with Gasteiger partial charge in [-0.25, -0.2) is 4.98 Å². The highest BCUT2D eigenvalue weighted by Crippen LogP contribution is 2.31. The molecule has 0 spiro atoms. The standard InChI is InChI=1S/C18H16F3N3O/c1-2-12(11-7-4-3-5-8-11)16(25)22-13-9-6-10-14-15(13)24-17(23-14)18(19,20)21/h3-10,12H,2H2,1H3,(H,22,25)(H,23,24)/t12-/m0/s1. The fraction of sp³-hybridized carbons (Fsp3) is 0.222. The Morgan fingerprint density at radius 1 is 1.16 bits per heavy atom. The number of aromatic amines is 1. The summed E-state index contributed by atoms with van der Waals surface area (Å²) in [5.74, 6) is -1.76. The lowest BCUT2D eigenvalue weighted by atomic mass is 9.95. The summed E-state index contributed by atoms with van der Waals surface area (Å²) in [6, 6.07) is 13.8. The van der Waals surface area contributed by atoms with Gasteiger partial charge in [0.25, 0.3) is 0 Å². The third-order valence-electron chi connectivity index (χ3n) is 3.97. The Morgan fingerprint density at radius 2 is 1.88 bits per heavy atom. The highest BCUT2D eigenvalue weighted by molar-refractivity contribution is 6.02. The van der Waals surface area contributed by atoms with Gasteiger partial charge in [0.2, 0.25) is 11.7 Å². The molecular formula is C18H16F3N3O. The Hall–Kier alpha value is -2.83. The molecule has 0 saturated heterocycles. The molecule has 3 rings (SSSR count). The zero-order valence-corrected chi connectivity index (χ0v) is 13.4. The molecule has 0 aliphatic heterocycles. The summed E-state index contributed by atoms with van der Waals surface area (Å²) in [4.78, 5) is 18.5. The minimum absolute atomic E-state index is 0.0890. The number of aromatic nitrogens is 2. The maximum Gasteiger partial charge on any atom is 0.449 e. The van der Waals surface area contributed by atoms with E-state index in [1.54, 1.807) is 12.1 Å². The minimum atomic E-state index is -4.57. The van der Waals surface area contributed by atoms with Gasteiger partial charge in [-0.05, 0) is 24.1 Å². The van der Waals surface area contributed by atoms with Crippen molar-refractivity contribution >= 4 is 22.6 Å². The van der Waals surface area contributed by atoms with Gasteiger partial charge >= 0.3 is 6.18 Å². The number of nitrogens with one attached hydrogen (secondary N) is 2. The van der Waals surface area contributed by atoms with Crippen LogP contribution in [0.3, 0.4) is 0 Å². The predicted molar refractivity (Wildman–Crippen MR) is 89.2 cm³/mol. The summed E-state index contributed by atoms with van der Waals surface area (Å²) in [7, 11) is 0. The molecule has 2 aromatic carbocycles. The Labute approximate surface area is 142 Å². The highest BCUT2D eigenvalue weighted by atomic mass is 19.4. The van der Waals surface area contributed by atoms with Crippen molar-refractivity contribution in [2.45, 2.75) is 25.4 Å². The molecule has 25 heavy (non-hydrogen) atoms. The number of carbonyl (C=O) groups is 1. The summed E-state index contributed by atoms with van der Waals surface area (Å²) in [5.41, 5.74) is 1.42. The van der Waals surface area contributed by atoms with Crippen LogP contribution in [0.5, 0.6) is 0 Å². The van der Waals surface area contributed by atoms with Gasteiger partial charge in [0, 0.05) is 0 Å². The lowest BCUT2D eigenvalue weighted by molar-refractivity contribution is -0.144. The Bertz CT molecular complexity index is 887. The van der Waals surface area contributed by atoms with Crippen LogP contribution in [0.15, 0.2) is 48.5 Å². The lowest BCUT2D eigenvalue weighted by Gasteiger charge is -2.15. The number of fused-ring (bicyclic) bond motifs is 1. The predicted octanol–water partition coefficient (Wildman–Crippen LogP) is 4.71. The van der Waals surface area contributed by atoms with Crippen molar-refractivity contribution in [3.63, 3.8) is 0 Å². The number of nitrogens with zero attached hydrogens (tertiary/aromatic N) is 1. The van der Waals surface area contributed by atoms with Crippen LogP contribution in [0.2, 0.25) is 0 Å². The summed E-state index contributed by atoms with van der Waals surface area (Å²) >= 11 is 0. The van der Waals surface area contributed by atoms with Gasteiger partial charge in [-0.3, -0.25) is 4.79 Å². The number of amides is 1. The van der Waals surface area contributed by atoms with Gasteiger partial charge in [-0.15, -0.1) is 0 Å². The number of anilines is 1. The second-order valence-electron chi connectivity index (χ2n) is 5.65. The Morgan fingerprint density at radius 3 is 2.52 bits per heavy atom. The maximum absolute atomic E-state index is 12.8. The Kier molecular flexibility index (Phi) is 4.48. The second kappa shape index (κ2) is 6.58. The van der Waals surface area contributed by atoms with E-state index in [1.807, 2.05) is 37.3 Å². The van der Waals surface area contributed by atoms with E-state index in [1.165, 1.54) is 6.07 Å². The molecule has 4 nitrogen and oxygen atoms in total. The first-order valence-corrected chi connectivity index (χ1v) is 7.82. The molecule has 7 heteroatoms. The molecule has 2 N–H and O–H groups in total. The van der Waals surface area contributed by atoms with E-state index >= 15 is 0 Å². The quantitative estimate of drug-likeness (QED) is 0.718. The molecule has 1 atom stereocenters. The number of hydrogen-bond acceptors (Lipinski definition) is 2. The normalized spacial score (nSPS) is 13.0. The van der Waals surface area contributed by atoms with Crippen LogP contribution in [0, 0.1) is 0 Å². The van der Waals surface area contributed by atoms with Gasteiger partial charge in [0.15, 0.2) is 0 Å². The minimum Gasteiger partial charge on any atom is -0.334 e.